The van der Waals surface area contributed by atoms with E-state index in [2.05, 4.69) is 49.0 Å². The van der Waals surface area contributed by atoms with Gasteiger partial charge in [-0.25, -0.2) is 10.2 Å². The van der Waals surface area contributed by atoms with Crippen LogP contribution in [0.15, 0.2) is 50.4 Å². The second-order valence-electron chi connectivity index (χ2n) is 6.35. The lowest BCUT2D eigenvalue weighted by atomic mass is 10.2. The van der Waals surface area contributed by atoms with Crippen LogP contribution < -0.4 is 14.9 Å². The van der Waals surface area contributed by atoms with E-state index in [1.165, 1.54) is 6.21 Å². The molecule has 1 amide bonds. The van der Waals surface area contributed by atoms with Crippen molar-refractivity contribution in [1.82, 2.24) is 5.43 Å². The minimum atomic E-state index is -0.470. The average Bonchev–Trinajstić information content (AvgIpc) is 3.17. The van der Waals surface area contributed by atoms with Crippen molar-refractivity contribution in [3.05, 3.63) is 55.8 Å². The summed E-state index contributed by atoms with van der Waals surface area (Å²) in [4.78, 5) is 24.0. The van der Waals surface area contributed by atoms with Crippen molar-refractivity contribution < 1.29 is 28.2 Å². The van der Waals surface area contributed by atoms with E-state index in [1.54, 1.807) is 31.2 Å². The second-order valence-corrected chi connectivity index (χ2v) is 8.43. The number of hydrogen-bond donors (Lipinski definition) is 1. The maximum atomic E-state index is 12.4. The number of nitrogens with zero attached hydrogens (tertiary/aromatic N) is 1. The minimum Gasteiger partial charge on any atom is -0.490 e. The quantitative estimate of drug-likeness (QED) is 0.159. The summed E-state index contributed by atoms with van der Waals surface area (Å²) in [5, 5.41) is 4.82. The maximum absolute atomic E-state index is 12.4. The van der Waals surface area contributed by atoms with Crippen LogP contribution in [0.5, 0.6) is 11.5 Å². The predicted octanol–water partition coefficient (Wildman–Crippen LogP) is 4.90. The van der Waals surface area contributed by atoms with Crippen molar-refractivity contribution >= 4 is 67.6 Å². The third-order valence-electron chi connectivity index (χ3n) is 4.05. The lowest BCUT2D eigenvalue weighted by Gasteiger charge is -2.14. The minimum absolute atomic E-state index is 0.155. The molecule has 0 atom stereocenters. The molecule has 32 heavy (non-hydrogen) atoms. The van der Waals surface area contributed by atoms with Gasteiger partial charge in [0.1, 0.15) is 5.58 Å². The van der Waals surface area contributed by atoms with Crippen LogP contribution in [0, 0.1) is 3.57 Å². The molecule has 168 valence electrons. The summed E-state index contributed by atoms with van der Waals surface area (Å²) in [7, 11) is 0. The highest BCUT2D eigenvalue weighted by molar-refractivity contribution is 14.1. The Morgan fingerprint density at radius 1 is 1.16 bits per heavy atom. The van der Waals surface area contributed by atoms with E-state index in [9.17, 15) is 9.59 Å². The van der Waals surface area contributed by atoms with Crippen LogP contribution in [0.4, 0.5) is 0 Å². The van der Waals surface area contributed by atoms with Gasteiger partial charge in [0.25, 0.3) is 0 Å². The fourth-order valence-corrected chi connectivity index (χ4v) is 3.91. The first-order valence-corrected chi connectivity index (χ1v) is 11.6. The first-order valence-electron chi connectivity index (χ1n) is 9.68. The molecule has 0 radical (unpaired) electrons. The Balaban J connectivity index is 1.71. The van der Waals surface area contributed by atoms with Gasteiger partial charge in [0.05, 0.1) is 23.0 Å². The number of hydrazone groups is 1. The van der Waals surface area contributed by atoms with Crippen LogP contribution in [0.2, 0.25) is 0 Å². The summed E-state index contributed by atoms with van der Waals surface area (Å²) in [6.07, 6.45) is 1.48. The van der Waals surface area contributed by atoms with E-state index in [0.29, 0.717) is 32.8 Å². The number of benzene rings is 2. The maximum Gasteiger partial charge on any atom is 0.344 e. The van der Waals surface area contributed by atoms with E-state index in [-0.39, 0.29) is 19.0 Å². The van der Waals surface area contributed by atoms with Gasteiger partial charge in [-0.1, -0.05) is 15.9 Å². The average molecular weight is 615 g/mol. The lowest BCUT2D eigenvalue weighted by molar-refractivity contribution is -0.145. The van der Waals surface area contributed by atoms with Crippen molar-refractivity contribution in [3.8, 4) is 11.5 Å². The Labute approximate surface area is 206 Å². The number of amides is 1. The van der Waals surface area contributed by atoms with Crippen molar-refractivity contribution in [2.45, 2.75) is 13.8 Å². The van der Waals surface area contributed by atoms with Gasteiger partial charge in [-0.05, 0) is 78.4 Å². The van der Waals surface area contributed by atoms with E-state index in [0.717, 1.165) is 9.86 Å². The van der Waals surface area contributed by atoms with Crippen LogP contribution in [0.1, 0.15) is 30.0 Å². The highest BCUT2D eigenvalue weighted by Gasteiger charge is 2.15. The number of ether oxygens (including phenoxy) is 3. The molecule has 0 aliphatic heterocycles. The summed E-state index contributed by atoms with van der Waals surface area (Å²) in [5.74, 6) is 0.122. The standard InChI is InChI=1S/C22H20BrIN2O6/c1-3-29-18-8-13(7-16(24)21(18)31-12-20(27)30-4-2)11-25-26-22(28)19-10-14-9-15(23)5-6-17(14)32-19/h5-11H,3-4,12H2,1-2H3,(H,26,28)/b25-11+. The third-order valence-corrected chi connectivity index (χ3v) is 5.35. The summed E-state index contributed by atoms with van der Waals surface area (Å²) in [6, 6.07) is 10.6. The summed E-state index contributed by atoms with van der Waals surface area (Å²) in [6.45, 7) is 4.04. The van der Waals surface area contributed by atoms with Gasteiger partial charge in [0, 0.05) is 9.86 Å². The SMILES string of the molecule is CCOC(=O)COc1c(I)cc(/C=N/NC(=O)c2cc3cc(Br)ccc3o2)cc1OCC. The third kappa shape index (κ3) is 6.22. The fourth-order valence-electron chi connectivity index (χ4n) is 2.75. The molecule has 0 bridgehead atoms. The molecule has 2 aromatic carbocycles. The van der Waals surface area contributed by atoms with E-state index in [4.69, 9.17) is 18.6 Å². The predicted molar refractivity (Wildman–Crippen MR) is 131 cm³/mol. The number of carbonyl (C=O) groups is 2. The number of nitrogens with one attached hydrogen (secondary N) is 1. The van der Waals surface area contributed by atoms with Crippen LogP contribution in [0.3, 0.4) is 0 Å². The number of fused-ring (bicyclic) bond motifs is 1. The highest BCUT2D eigenvalue weighted by atomic mass is 127. The van der Waals surface area contributed by atoms with E-state index < -0.39 is 11.9 Å². The topological polar surface area (TPSA) is 99.4 Å². The number of hydrogen-bond acceptors (Lipinski definition) is 7. The molecular weight excluding hydrogens is 595 g/mol. The number of esters is 1. The van der Waals surface area contributed by atoms with Gasteiger partial charge in [0.15, 0.2) is 23.9 Å². The molecule has 0 fully saturated rings. The van der Waals surface area contributed by atoms with Gasteiger partial charge in [-0.3, -0.25) is 4.79 Å². The molecule has 0 saturated carbocycles. The van der Waals surface area contributed by atoms with Crippen molar-refractivity contribution in [2.24, 2.45) is 5.10 Å². The normalized spacial score (nSPS) is 11.0. The molecule has 0 saturated heterocycles. The summed E-state index contributed by atoms with van der Waals surface area (Å²) < 4.78 is 23.3. The molecule has 8 nitrogen and oxygen atoms in total. The monoisotopic (exact) mass is 614 g/mol. The van der Waals surface area contributed by atoms with Gasteiger partial charge >= 0.3 is 11.9 Å². The molecule has 3 aromatic rings. The lowest BCUT2D eigenvalue weighted by Crippen LogP contribution is -2.17. The van der Waals surface area contributed by atoms with E-state index in [1.807, 2.05) is 19.1 Å². The first-order chi connectivity index (χ1) is 15.4. The molecule has 0 spiro atoms. The number of halogens is 2. The largest absolute Gasteiger partial charge is 0.490 e. The molecule has 3 rings (SSSR count). The van der Waals surface area contributed by atoms with Crippen molar-refractivity contribution in [1.29, 1.82) is 0 Å². The Hall–Kier alpha value is -2.60. The first kappa shape index (κ1) is 24.1. The van der Waals surface area contributed by atoms with Crippen LogP contribution in [-0.4, -0.2) is 37.9 Å². The Morgan fingerprint density at radius 2 is 1.97 bits per heavy atom. The van der Waals surface area contributed by atoms with Gasteiger partial charge in [-0.2, -0.15) is 5.10 Å². The molecule has 1 N–H and O–H groups in total. The Bertz CT molecular complexity index is 1160. The zero-order valence-electron chi connectivity index (χ0n) is 17.3. The number of furan rings is 1. The summed E-state index contributed by atoms with van der Waals surface area (Å²) >= 11 is 5.47. The second kappa shape index (κ2) is 11.3. The molecule has 1 heterocycles. The highest BCUT2D eigenvalue weighted by Crippen LogP contribution is 2.34. The van der Waals surface area contributed by atoms with Gasteiger partial charge in [-0.15, -0.1) is 0 Å². The zero-order valence-corrected chi connectivity index (χ0v) is 21.1. The van der Waals surface area contributed by atoms with Crippen LogP contribution in [-0.2, 0) is 9.53 Å². The molecule has 0 unspecified atom stereocenters. The molecule has 1 aromatic heterocycles. The van der Waals surface area contributed by atoms with Gasteiger partial charge < -0.3 is 18.6 Å². The Kier molecular flexibility index (Phi) is 8.51. The molecular formula is C22H20BrIN2O6. The summed E-state index contributed by atoms with van der Waals surface area (Å²) in [5.41, 5.74) is 3.74. The molecule has 10 heteroatoms. The van der Waals surface area contributed by atoms with Crippen LogP contribution in [0.25, 0.3) is 11.0 Å². The molecule has 0 aliphatic carbocycles. The van der Waals surface area contributed by atoms with Crippen molar-refractivity contribution in [3.63, 3.8) is 0 Å². The van der Waals surface area contributed by atoms with Crippen LogP contribution >= 0.6 is 38.5 Å². The number of rotatable bonds is 9. The Morgan fingerprint density at radius 3 is 2.72 bits per heavy atom. The van der Waals surface area contributed by atoms with E-state index >= 15 is 0 Å². The number of carbonyl (C=O) groups excluding carboxylic acids is 2. The smallest absolute Gasteiger partial charge is 0.344 e. The zero-order chi connectivity index (χ0) is 23.1. The fraction of sp³-hybridized carbons (Fsp3) is 0.227. The van der Waals surface area contributed by atoms with Crippen molar-refractivity contribution in [2.75, 3.05) is 19.8 Å². The molecule has 0 aliphatic rings. The van der Waals surface area contributed by atoms with Gasteiger partial charge in [0.2, 0.25) is 0 Å².